The Balaban J connectivity index is 0.00000116. The van der Waals surface area contributed by atoms with Crippen LogP contribution in [0.3, 0.4) is 0 Å². The molecular formula is C16H18F4O2. The molecule has 6 heteroatoms. The fourth-order valence-electron chi connectivity index (χ4n) is 2.12. The zero-order chi connectivity index (χ0) is 17.0. The van der Waals surface area contributed by atoms with Crippen LogP contribution in [0.2, 0.25) is 0 Å². The van der Waals surface area contributed by atoms with E-state index in [0.717, 1.165) is 6.07 Å². The Hall–Kier alpha value is -1.98. The van der Waals surface area contributed by atoms with E-state index in [4.69, 9.17) is 0 Å². The molecule has 0 aromatic heterocycles. The molecule has 2 nitrogen and oxygen atoms in total. The summed E-state index contributed by atoms with van der Waals surface area (Å²) in [5.41, 5.74) is 0.398. The summed E-state index contributed by atoms with van der Waals surface area (Å²) >= 11 is 0. The predicted octanol–water partition coefficient (Wildman–Crippen LogP) is 5.57. The van der Waals surface area contributed by atoms with Crippen LogP contribution in [-0.4, -0.2) is 11.7 Å². The highest BCUT2D eigenvalue weighted by molar-refractivity contribution is 5.93. The van der Waals surface area contributed by atoms with Crippen molar-refractivity contribution >= 4 is 10.8 Å². The van der Waals surface area contributed by atoms with Crippen molar-refractivity contribution in [3.8, 4) is 11.5 Å². The molecule has 0 amide bonds. The lowest BCUT2D eigenvalue weighted by Gasteiger charge is -2.16. The number of aromatic hydroxyl groups is 1. The zero-order valence-corrected chi connectivity index (χ0v) is 12.8. The summed E-state index contributed by atoms with van der Waals surface area (Å²) in [6, 6.07) is 3.33. The number of phenols is 1. The molecule has 122 valence electrons. The number of alkyl halides is 2. The first kappa shape index (κ1) is 18.1. The summed E-state index contributed by atoms with van der Waals surface area (Å²) in [7, 11) is 0. The first-order chi connectivity index (χ1) is 10.3. The van der Waals surface area contributed by atoms with Gasteiger partial charge in [0.25, 0.3) is 0 Å². The highest BCUT2D eigenvalue weighted by atomic mass is 19.3. The van der Waals surface area contributed by atoms with Gasteiger partial charge in [-0.25, -0.2) is 4.39 Å². The highest BCUT2D eigenvalue weighted by Crippen LogP contribution is 2.39. The van der Waals surface area contributed by atoms with Gasteiger partial charge in [0.2, 0.25) is 5.82 Å². The molecule has 1 N–H and O–H groups in total. The van der Waals surface area contributed by atoms with Crippen molar-refractivity contribution in [1.29, 1.82) is 0 Å². The lowest BCUT2D eigenvalue weighted by Crippen LogP contribution is -2.07. The molecule has 0 fully saturated rings. The highest BCUT2D eigenvalue weighted by Gasteiger charge is 2.22. The molecule has 2 aromatic rings. The molecule has 2 rings (SSSR count). The van der Waals surface area contributed by atoms with Crippen LogP contribution >= 0.6 is 0 Å². The Bertz CT molecular complexity index is 654. The number of fused-ring (bicyclic) bond motifs is 1. The van der Waals surface area contributed by atoms with Gasteiger partial charge in [0, 0.05) is 5.39 Å². The molecule has 0 saturated heterocycles. The van der Waals surface area contributed by atoms with E-state index in [-0.39, 0.29) is 22.4 Å². The number of hydrogen-bond acceptors (Lipinski definition) is 2. The van der Waals surface area contributed by atoms with Gasteiger partial charge in [0.05, 0.1) is 0 Å². The summed E-state index contributed by atoms with van der Waals surface area (Å²) < 4.78 is 56.1. The van der Waals surface area contributed by atoms with Gasteiger partial charge in [-0.15, -0.1) is 0 Å². The third-order valence-corrected chi connectivity index (χ3v) is 2.93. The molecule has 0 atom stereocenters. The lowest BCUT2D eigenvalue weighted by atomic mass is 9.94. The molecule has 22 heavy (non-hydrogen) atoms. The molecule has 0 saturated carbocycles. The standard InChI is InChI=1S/C14H12F4O2.C2H6/c1-6(2)9-5-8(19)3-7-4-10(15)12(16)13(11(7)9)20-14(17)18;1-2/h3-6,14,19H,1-2H3;1-2H3. The van der Waals surface area contributed by atoms with Crippen molar-refractivity contribution < 1.29 is 27.4 Å². The third-order valence-electron chi connectivity index (χ3n) is 2.93. The number of benzene rings is 2. The summed E-state index contributed by atoms with van der Waals surface area (Å²) in [5.74, 6) is -3.97. The van der Waals surface area contributed by atoms with Crippen LogP contribution in [0.25, 0.3) is 10.8 Å². The minimum atomic E-state index is -3.27. The van der Waals surface area contributed by atoms with E-state index in [1.165, 1.54) is 12.1 Å². The van der Waals surface area contributed by atoms with Crippen molar-refractivity contribution in [1.82, 2.24) is 0 Å². The largest absolute Gasteiger partial charge is 0.508 e. The van der Waals surface area contributed by atoms with Crippen LogP contribution < -0.4 is 4.74 Å². The van der Waals surface area contributed by atoms with Gasteiger partial charge in [-0.3, -0.25) is 0 Å². The second-order valence-electron chi connectivity index (χ2n) is 4.67. The third kappa shape index (κ3) is 3.61. The Morgan fingerprint density at radius 1 is 1.05 bits per heavy atom. The van der Waals surface area contributed by atoms with Crippen molar-refractivity contribution in [2.45, 2.75) is 40.2 Å². The normalized spacial score (nSPS) is 10.8. The molecule has 0 spiro atoms. The number of phenolic OH excluding ortho intramolecular Hbond substituents is 1. The Morgan fingerprint density at radius 3 is 2.14 bits per heavy atom. The second kappa shape index (κ2) is 7.33. The second-order valence-corrected chi connectivity index (χ2v) is 4.67. The lowest BCUT2D eigenvalue weighted by molar-refractivity contribution is -0.0514. The molecule has 0 aliphatic carbocycles. The van der Waals surface area contributed by atoms with Crippen LogP contribution in [0, 0.1) is 11.6 Å². The minimum absolute atomic E-state index is 0.0389. The minimum Gasteiger partial charge on any atom is -0.508 e. The van der Waals surface area contributed by atoms with Gasteiger partial charge in [-0.05, 0) is 35.1 Å². The maximum atomic E-state index is 13.7. The number of hydrogen-bond donors (Lipinski definition) is 1. The van der Waals surface area contributed by atoms with Crippen LogP contribution in [-0.2, 0) is 0 Å². The number of ether oxygens (including phenoxy) is 1. The average molecular weight is 318 g/mol. The molecule has 0 heterocycles. The zero-order valence-electron chi connectivity index (χ0n) is 12.8. The van der Waals surface area contributed by atoms with Gasteiger partial charge >= 0.3 is 6.61 Å². The average Bonchev–Trinajstić information content (AvgIpc) is 2.44. The van der Waals surface area contributed by atoms with Gasteiger partial charge in [-0.2, -0.15) is 13.2 Å². The first-order valence-corrected chi connectivity index (χ1v) is 6.90. The van der Waals surface area contributed by atoms with Crippen LogP contribution in [0.1, 0.15) is 39.2 Å². The summed E-state index contributed by atoms with van der Waals surface area (Å²) in [4.78, 5) is 0. The van der Waals surface area contributed by atoms with Crippen molar-refractivity contribution in [3.05, 3.63) is 35.4 Å². The molecule has 0 radical (unpaired) electrons. The quantitative estimate of drug-likeness (QED) is 0.749. The number of rotatable bonds is 3. The molecular weight excluding hydrogens is 300 g/mol. The maximum Gasteiger partial charge on any atom is 0.387 e. The van der Waals surface area contributed by atoms with E-state index in [1.807, 2.05) is 13.8 Å². The van der Waals surface area contributed by atoms with Crippen molar-refractivity contribution in [2.75, 3.05) is 0 Å². The van der Waals surface area contributed by atoms with Gasteiger partial charge in [-0.1, -0.05) is 27.7 Å². The van der Waals surface area contributed by atoms with Crippen molar-refractivity contribution in [3.63, 3.8) is 0 Å². The fraction of sp³-hybridized carbons (Fsp3) is 0.375. The maximum absolute atomic E-state index is 13.7. The molecule has 0 bridgehead atoms. The van der Waals surface area contributed by atoms with E-state index >= 15 is 0 Å². The van der Waals surface area contributed by atoms with Crippen LogP contribution in [0.15, 0.2) is 18.2 Å². The van der Waals surface area contributed by atoms with E-state index in [2.05, 4.69) is 4.74 Å². The Kier molecular flexibility index (Phi) is 6.02. The number of halogens is 4. The predicted molar refractivity (Wildman–Crippen MR) is 77.6 cm³/mol. The SMILES string of the molecule is CC.CC(C)c1cc(O)cc2cc(F)c(F)c(OC(F)F)c12. The topological polar surface area (TPSA) is 29.5 Å². The summed E-state index contributed by atoms with van der Waals surface area (Å²) in [5, 5.41) is 9.73. The van der Waals surface area contributed by atoms with Crippen LogP contribution in [0.4, 0.5) is 17.6 Å². The van der Waals surface area contributed by atoms with Gasteiger partial charge in [0.1, 0.15) is 5.75 Å². The fourth-order valence-corrected chi connectivity index (χ4v) is 2.12. The molecule has 0 aliphatic heterocycles. The smallest absolute Gasteiger partial charge is 0.387 e. The molecule has 2 aromatic carbocycles. The van der Waals surface area contributed by atoms with Gasteiger partial charge in [0.15, 0.2) is 11.6 Å². The van der Waals surface area contributed by atoms with E-state index in [9.17, 15) is 22.7 Å². The Morgan fingerprint density at radius 2 is 1.64 bits per heavy atom. The molecule has 0 unspecified atom stereocenters. The summed E-state index contributed by atoms with van der Waals surface area (Å²) in [6.45, 7) is 4.20. The van der Waals surface area contributed by atoms with Gasteiger partial charge < -0.3 is 9.84 Å². The van der Waals surface area contributed by atoms with Crippen molar-refractivity contribution in [2.24, 2.45) is 0 Å². The Labute approximate surface area is 126 Å². The van der Waals surface area contributed by atoms with Crippen LogP contribution in [0.5, 0.6) is 11.5 Å². The molecule has 0 aliphatic rings. The monoisotopic (exact) mass is 318 g/mol. The van der Waals surface area contributed by atoms with E-state index in [0.29, 0.717) is 5.56 Å². The van der Waals surface area contributed by atoms with E-state index < -0.39 is 24.0 Å². The first-order valence-electron chi connectivity index (χ1n) is 6.90. The van der Waals surface area contributed by atoms with E-state index in [1.54, 1.807) is 13.8 Å². The summed E-state index contributed by atoms with van der Waals surface area (Å²) in [6.07, 6.45) is 0.